The van der Waals surface area contributed by atoms with E-state index in [0.717, 1.165) is 13.0 Å². The average Bonchev–Trinajstić information content (AvgIpc) is 2.43. The predicted molar refractivity (Wildman–Crippen MR) is 95.2 cm³/mol. The molecule has 1 saturated carbocycles. The van der Waals surface area contributed by atoms with Gasteiger partial charge in [-0.25, -0.2) is 0 Å². The van der Waals surface area contributed by atoms with Gasteiger partial charge >= 0.3 is 0 Å². The Morgan fingerprint density at radius 3 is 2.52 bits per heavy atom. The number of hydrogen-bond donors (Lipinski definition) is 0. The zero-order valence-corrected chi connectivity index (χ0v) is 16.1. The number of carbonyl (C=O) groups is 1. The van der Waals surface area contributed by atoms with Gasteiger partial charge < -0.3 is 4.74 Å². The Balaban J connectivity index is 2.33. The van der Waals surface area contributed by atoms with E-state index in [1.165, 1.54) is 18.4 Å². The Morgan fingerprint density at radius 1 is 1.30 bits per heavy atom. The Bertz CT molecular complexity index is 462. The number of allylic oxidation sites excluding steroid dienone is 1. The summed E-state index contributed by atoms with van der Waals surface area (Å²) in [6.07, 6.45) is 5.61. The first-order valence-electron chi connectivity index (χ1n) is 9.23. The van der Waals surface area contributed by atoms with Crippen molar-refractivity contribution in [3.63, 3.8) is 0 Å². The monoisotopic (exact) mass is 321 g/mol. The van der Waals surface area contributed by atoms with E-state index >= 15 is 0 Å². The molecule has 0 spiro atoms. The van der Waals surface area contributed by atoms with Crippen LogP contribution in [0.3, 0.4) is 0 Å². The maximum Gasteiger partial charge on any atom is 0.179 e. The van der Waals surface area contributed by atoms with Gasteiger partial charge in [-0.3, -0.25) is 9.69 Å². The number of Topliss-reactive ketones (excluding diaryl/α,β-unsaturated/α-hetero) is 1. The van der Waals surface area contributed by atoms with Gasteiger partial charge in [-0.15, -0.1) is 0 Å². The van der Waals surface area contributed by atoms with Crippen LogP contribution in [0.15, 0.2) is 11.6 Å². The van der Waals surface area contributed by atoms with Gasteiger partial charge in [0, 0.05) is 23.9 Å². The lowest BCUT2D eigenvalue weighted by molar-refractivity contribution is -0.227. The molecule has 0 unspecified atom stereocenters. The fraction of sp³-hybridized carbons (Fsp3) is 0.850. The molecule has 1 aliphatic carbocycles. The van der Waals surface area contributed by atoms with Gasteiger partial charge in [0.25, 0.3) is 0 Å². The molecule has 0 radical (unpaired) electrons. The molecule has 1 saturated heterocycles. The van der Waals surface area contributed by atoms with Crippen LogP contribution in [0, 0.1) is 17.8 Å². The van der Waals surface area contributed by atoms with Crippen molar-refractivity contribution >= 4 is 5.78 Å². The van der Waals surface area contributed by atoms with Crippen LogP contribution in [-0.2, 0) is 9.53 Å². The van der Waals surface area contributed by atoms with Crippen LogP contribution in [0.2, 0.25) is 0 Å². The van der Waals surface area contributed by atoms with E-state index in [4.69, 9.17) is 4.74 Å². The molecule has 2 aliphatic rings. The highest BCUT2D eigenvalue weighted by molar-refractivity contribution is 5.84. The van der Waals surface area contributed by atoms with Gasteiger partial charge in [0.2, 0.25) is 0 Å². The molecule has 0 amide bonds. The van der Waals surface area contributed by atoms with Crippen molar-refractivity contribution < 1.29 is 9.53 Å². The van der Waals surface area contributed by atoms with Crippen molar-refractivity contribution in [3.8, 4) is 0 Å². The summed E-state index contributed by atoms with van der Waals surface area (Å²) in [6, 6.07) is 0. The van der Waals surface area contributed by atoms with Crippen molar-refractivity contribution in [3.05, 3.63) is 11.6 Å². The number of carbonyl (C=O) groups excluding carboxylic acids is 1. The molecule has 1 aliphatic heterocycles. The number of ether oxygens (including phenoxy) is 1. The van der Waals surface area contributed by atoms with Gasteiger partial charge in [0.15, 0.2) is 12.0 Å². The second-order valence-electron chi connectivity index (χ2n) is 8.70. The van der Waals surface area contributed by atoms with E-state index < -0.39 is 6.23 Å². The fourth-order valence-electron chi connectivity index (χ4n) is 4.16. The molecule has 0 bridgehead atoms. The molecule has 0 aromatic carbocycles. The molecule has 0 aromatic rings. The van der Waals surface area contributed by atoms with Crippen LogP contribution in [0.5, 0.6) is 0 Å². The first-order valence-corrected chi connectivity index (χ1v) is 9.23. The minimum atomic E-state index is -0.396. The Hall–Kier alpha value is -0.670. The second kappa shape index (κ2) is 7.06. The zero-order chi connectivity index (χ0) is 17.4. The molecule has 3 nitrogen and oxygen atoms in total. The van der Waals surface area contributed by atoms with E-state index in [-0.39, 0.29) is 23.3 Å². The summed E-state index contributed by atoms with van der Waals surface area (Å²) in [7, 11) is 0. The highest BCUT2D eigenvalue weighted by Gasteiger charge is 2.52. The molecule has 0 N–H and O–H groups in total. The molecule has 2 rings (SSSR count). The van der Waals surface area contributed by atoms with Gasteiger partial charge in [-0.05, 0) is 46.5 Å². The Labute approximate surface area is 142 Å². The number of rotatable bonds is 4. The van der Waals surface area contributed by atoms with Crippen LogP contribution in [0.25, 0.3) is 0 Å². The van der Waals surface area contributed by atoms with Crippen molar-refractivity contribution in [2.75, 3.05) is 6.54 Å². The topological polar surface area (TPSA) is 29.5 Å². The SMILES string of the molecule is CC(C)=CCN1[C@H](C(=O)C(C)C)O[C@@H]2C[C@H](C)CC[C@H]2C1(C)C. The van der Waals surface area contributed by atoms with Gasteiger partial charge in [0.05, 0.1) is 6.10 Å². The Kier molecular flexibility index (Phi) is 5.73. The normalized spacial score (nSPS) is 34.1. The number of fused-ring (bicyclic) bond motifs is 1. The molecular formula is C20H35NO2. The van der Waals surface area contributed by atoms with Crippen molar-refractivity contribution in [1.29, 1.82) is 0 Å². The van der Waals surface area contributed by atoms with Crippen LogP contribution in [-0.4, -0.2) is 35.1 Å². The lowest BCUT2D eigenvalue weighted by atomic mass is 9.69. The molecule has 4 atom stereocenters. The minimum Gasteiger partial charge on any atom is -0.352 e. The van der Waals surface area contributed by atoms with E-state index in [1.807, 2.05) is 13.8 Å². The van der Waals surface area contributed by atoms with Gasteiger partial charge in [-0.2, -0.15) is 0 Å². The van der Waals surface area contributed by atoms with Crippen LogP contribution < -0.4 is 0 Å². The molecule has 132 valence electrons. The highest BCUT2D eigenvalue weighted by Crippen LogP contribution is 2.45. The lowest BCUT2D eigenvalue weighted by Crippen LogP contribution is -2.66. The summed E-state index contributed by atoms with van der Waals surface area (Å²) in [5, 5.41) is 0. The third-order valence-electron chi connectivity index (χ3n) is 5.80. The highest BCUT2D eigenvalue weighted by atomic mass is 16.5. The van der Waals surface area contributed by atoms with E-state index in [2.05, 4.69) is 45.6 Å². The maximum atomic E-state index is 12.8. The van der Waals surface area contributed by atoms with Crippen LogP contribution in [0.4, 0.5) is 0 Å². The molecule has 2 fully saturated rings. The fourth-order valence-corrected chi connectivity index (χ4v) is 4.16. The van der Waals surface area contributed by atoms with Gasteiger partial charge in [0.1, 0.15) is 0 Å². The summed E-state index contributed by atoms with van der Waals surface area (Å²) < 4.78 is 6.41. The minimum absolute atomic E-state index is 0.00238. The lowest BCUT2D eigenvalue weighted by Gasteiger charge is -2.56. The number of hydrogen-bond acceptors (Lipinski definition) is 3. The standard InChI is InChI=1S/C20H35NO2/c1-13(2)10-11-21-19(18(22)14(3)4)23-17-12-15(5)8-9-16(17)20(21,6)7/h10,14-17,19H,8-9,11-12H2,1-7H3/t15-,16-,17-,19+/m1/s1. The first-order chi connectivity index (χ1) is 10.6. The zero-order valence-electron chi connectivity index (χ0n) is 16.1. The maximum absolute atomic E-state index is 12.8. The largest absolute Gasteiger partial charge is 0.352 e. The second-order valence-corrected chi connectivity index (χ2v) is 8.70. The van der Waals surface area contributed by atoms with Crippen molar-refractivity contribution in [2.24, 2.45) is 17.8 Å². The van der Waals surface area contributed by atoms with Crippen molar-refractivity contribution in [1.82, 2.24) is 4.90 Å². The Morgan fingerprint density at radius 2 is 1.96 bits per heavy atom. The number of nitrogens with zero attached hydrogens (tertiary/aromatic N) is 1. The van der Waals surface area contributed by atoms with Crippen LogP contribution in [0.1, 0.15) is 67.7 Å². The summed E-state index contributed by atoms with van der Waals surface area (Å²) in [5.74, 6) is 1.44. The summed E-state index contributed by atoms with van der Waals surface area (Å²) in [4.78, 5) is 15.1. The van der Waals surface area contributed by atoms with E-state index in [1.54, 1.807) is 0 Å². The number of ketones is 1. The molecule has 0 aromatic heterocycles. The molecular weight excluding hydrogens is 286 g/mol. The first kappa shape index (κ1) is 18.7. The third kappa shape index (κ3) is 3.88. The molecule has 3 heteroatoms. The molecule has 23 heavy (non-hydrogen) atoms. The van der Waals surface area contributed by atoms with E-state index in [0.29, 0.717) is 11.8 Å². The van der Waals surface area contributed by atoms with Gasteiger partial charge in [-0.1, -0.05) is 38.8 Å². The van der Waals surface area contributed by atoms with Crippen LogP contribution >= 0.6 is 0 Å². The van der Waals surface area contributed by atoms with Crippen molar-refractivity contribution in [2.45, 2.75) is 85.6 Å². The predicted octanol–water partition coefficient (Wildman–Crippen LogP) is 4.42. The summed E-state index contributed by atoms with van der Waals surface area (Å²) in [6.45, 7) is 15.9. The molecule has 1 heterocycles. The summed E-state index contributed by atoms with van der Waals surface area (Å²) in [5.41, 5.74) is 1.28. The third-order valence-corrected chi connectivity index (χ3v) is 5.80. The quantitative estimate of drug-likeness (QED) is 0.718. The average molecular weight is 322 g/mol. The summed E-state index contributed by atoms with van der Waals surface area (Å²) >= 11 is 0. The smallest absolute Gasteiger partial charge is 0.179 e. The van der Waals surface area contributed by atoms with E-state index in [9.17, 15) is 4.79 Å².